The summed E-state index contributed by atoms with van der Waals surface area (Å²) in [6.07, 6.45) is 1.65. The lowest BCUT2D eigenvalue weighted by Crippen LogP contribution is -2.26. The number of hydrogen-bond acceptors (Lipinski definition) is 3. The highest BCUT2D eigenvalue weighted by Gasteiger charge is 2.21. The fourth-order valence-corrected chi connectivity index (χ4v) is 2.97. The SMILES string of the molecule is O=C(Cc1ccc(C(=O)O)cc1)NCc1cccc(N2CCCC2=O)c1. The summed E-state index contributed by atoms with van der Waals surface area (Å²) in [6.45, 7) is 1.11. The van der Waals surface area contributed by atoms with Crippen LogP contribution in [0.4, 0.5) is 5.69 Å². The van der Waals surface area contributed by atoms with Crippen molar-refractivity contribution in [3.8, 4) is 0 Å². The smallest absolute Gasteiger partial charge is 0.335 e. The third-order valence-corrected chi connectivity index (χ3v) is 4.35. The number of aromatic carboxylic acids is 1. The molecule has 0 atom stereocenters. The monoisotopic (exact) mass is 352 g/mol. The fraction of sp³-hybridized carbons (Fsp3) is 0.250. The van der Waals surface area contributed by atoms with Gasteiger partial charge in [0, 0.05) is 25.2 Å². The van der Waals surface area contributed by atoms with Gasteiger partial charge in [-0.3, -0.25) is 9.59 Å². The quantitative estimate of drug-likeness (QED) is 0.836. The lowest BCUT2D eigenvalue weighted by molar-refractivity contribution is -0.120. The van der Waals surface area contributed by atoms with Crippen LogP contribution in [0.5, 0.6) is 0 Å². The lowest BCUT2D eigenvalue weighted by atomic mass is 10.1. The van der Waals surface area contributed by atoms with Crippen LogP contribution in [0.15, 0.2) is 48.5 Å². The molecule has 1 fully saturated rings. The summed E-state index contributed by atoms with van der Waals surface area (Å²) in [5.41, 5.74) is 2.74. The minimum atomic E-state index is -0.989. The summed E-state index contributed by atoms with van der Waals surface area (Å²) in [4.78, 5) is 36.6. The second-order valence-corrected chi connectivity index (χ2v) is 6.27. The van der Waals surface area contributed by atoms with E-state index < -0.39 is 5.97 Å². The second kappa shape index (κ2) is 7.82. The van der Waals surface area contributed by atoms with E-state index in [-0.39, 0.29) is 23.8 Å². The molecule has 0 spiro atoms. The molecule has 1 saturated heterocycles. The van der Waals surface area contributed by atoms with Crippen LogP contribution in [0.2, 0.25) is 0 Å². The zero-order valence-corrected chi connectivity index (χ0v) is 14.3. The van der Waals surface area contributed by atoms with E-state index in [2.05, 4.69) is 5.32 Å². The number of nitrogens with zero attached hydrogens (tertiary/aromatic N) is 1. The first-order valence-corrected chi connectivity index (χ1v) is 8.51. The number of carbonyl (C=O) groups is 3. The van der Waals surface area contributed by atoms with E-state index in [1.54, 1.807) is 17.0 Å². The first kappa shape index (κ1) is 17.7. The number of carboxylic acids is 1. The van der Waals surface area contributed by atoms with E-state index in [0.29, 0.717) is 13.0 Å². The molecule has 3 rings (SSSR count). The van der Waals surface area contributed by atoms with Gasteiger partial charge in [-0.2, -0.15) is 0 Å². The number of hydrogen-bond donors (Lipinski definition) is 2. The van der Waals surface area contributed by atoms with Gasteiger partial charge in [0.25, 0.3) is 0 Å². The van der Waals surface area contributed by atoms with Crippen LogP contribution < -0.4 is 10.2 Å². The van der Waals surface area contributed by atoms with Crippen molar-refractivity contribution in [3.63, 3.8) is 0 Å². The number of carbonyl (C=O) groups excluding carboxylic acids is 2. The fourth-order valence-electron chi connectivity index (χ4n) is 2.97. The maximum atomic E-state index is 12.1. The maximum Gasteiger partial charge on any atom is 0.335 e. The van der Waals surface area contributed by atoms with Gasteiger partial charge in [-0.25, -0.2) is 4.79 Å². The average molecular weight is 352 g/mol. The van der Waals surface area contributed by atoms with E-state index >= 15 is 0 Å². The largest absolute Gasteiger partial charge is 0.478 e. The van der Waals surface area contributed by atoms with Crippen LogP contribution in [0.25, 0.3) is 0 Å². The number of anilines is 1. The highest BCUT2D eigenvalue weighted by Crippen LogP contribution is 2.22. The van der Waals surface area contributed by atoms with Gasteiger partial charge in [0.05, 0.1) is 12.0 Å². The van der Waals surface area contributed by atoms with Crippen molar-refractivity contribution in [2.24, 2.45) is 0 Å². The first-order chi connectivity index (χ1) is 12.5. The molecule has 6 heteroatoms. The molecule has 0 bridgehead atoms. The Morgan fingerprint density at radius 2 is 1.85 bits per heavy atom. The van der Waals surface area contributed by atoms with Crippen molar-refractivity contribution in [1.29, 1.82) is 0 Å². The molecule has 0 saturated carbocycles. The predicted molar refractivity (Wildman–Crippen MR) is 97.0 cm³/mol. The Bertz CT molecular complexity index is 830. The van der Waals surface area contributed by atoms with Crippen molar-refractivity contribution in [1.82, 2.24) is 5.32 Å². The number of carboxylic acid groups (broad SMARTS) is 1. The van der Waals surface area contributed by atoms with Gasteiger partial charge in [-0.1, -0.05) is 24.3 Å². The summed E-state index contributed by atoms with van der Waals surface area (Å²) >= 11 is 0. The van der Waals surface area contributed by atoms with Crippen molar-refractivity contribution < 1.29 is 19.5 Å². The second-order valence-electron chi connectivity index (χ2n) is 6.27. The van der Waals surface area contributed by atoms with Gasteiger partial charge in [0.1, 0.15) is 0 Å². The standard InChI is InChI=1S/C20H20N2O4/c23-18(12-14-6-8-16(9-7-14)20(25)26)21-13-15-3-1-4-17(11-15)22-10-2-5-19(22)24/h1,3-4,6-9,11H,2,5,10,12-13H2,(H,21,23)(H,25,26). The summed E-state index contributed by atoms with van der Waals surface area (Å²) in [6, 6.07) is 13.9. The van der Waals surface area contributed by atoms with Crippen molar-refractivity contribution in [2.75, 3.05) is 11.4 Å². The van der Waals surface area contributed by atoms with Crippen LogP contribution in [-0.4, -0.2) is 29.4 Å². The van der Waals surface area contributed by atoms with Crippen LogP contribution in [0, 0.1) is 0 Å². The summed E-state index contributed by atoms with van der Waals surface area (Å²) in [7, 11) is 0. The lowest BCUT2D eigenvalue weighted by Gasteiger charge is -2.16. The molecule has 1 aliphatic heterocycles. The minimum Gasteiger partial charge on any atom is -0.478 e. The normalized spacial score (nSPS) is 13.7. The minimum absolute atomic E-state index is 0.135. The maximum absolute atomic E-state index is 12.1. The molecule has 134 valence electrons. The third-order valence-electron chi connectivity index (χ3n) is 4.35. The Morgan fingerprint density at radius 3 is 2.50 bits per heavy atom. The van der Waals surface area contributed by atoms with Crippen LogP contribution >= 0.6 is 0 Å². The zero-order chi connectivity index (χ0) is 18.5. The molecule has 2 amide bonds. The van der Waals surface area contributed by atoms with E-state index in [1.807, 2.05) is 24.3 Å². The number of nitrogens with one attached hydrogen (secondary N) is 1. The van der Waals surface area contributed by atoms with Gasteiger partial charge in [0.15, 0.2) is 0 Å². The Kier molecular flexibility index (Phi) is 5.31. The molecule has 2 N–H and O–H groups in total. The molecule has 6 nitrogen and oxygen atoms in total. The van der Waals surface area contributed by atoms with Gasteiger partial charge in [-0.15, -0.1) is 0 Å². The average Bonchev–Trinajstić information content (AvgIpc) is 3.07. The number of amides is 2. The highest BCUT2D eigenvalue weighted by atomic mass is 16.4. The third kappa shape index (κ3) is 4.27. The van der Waals surface area contributed by atoms with Gasteiger partial charge in [-0.05, 0) is 41.8 Å². The Balaban J connectivity index is 1.56. The molecular formula is C20H20N2O4. The van der Waals surface area contributed by atoms with E-state index in [9.17, 15) is 14.4 Å². The zero-order valence-electron chi connectivity index (χ0n) is 14.3. The predicted octanol–water partition coefficient (Wildman–Crippen LogP) is 2.37. The molecule has 2 aromatic carbocycles. The molecule has 0 aromatic heterocycles. The number of rotatable bonds is 6. The van der Waals surface area contributed by atoms with Crippen LogP contribution in [0.1, 0.15) is 34.3 Å². The Hall–Kier alpha value is -3.15. The molecule has 1 heterocycles. The van der Waals surface area contributed by atoms with Gasteiger partial charge >= 0.3 is 5.97 Å². The Labute approximate surface area is 151 Å². The number of benzene rings is 2. The van der Waals surface area contributed by atoms with Gasteiger partial charge < -0.3 is 15.3 Å². The van der Waals surface area contributed by atoms with Crippen LogP contribution in [0.3, 0.4) is 0 Å². The van der Waals surface area contributed by atoms with Gasteiger partial charge in [0.2, 0.25) is 11.8 Å². The summed E-state index contributed by atoms with van der Waals surface area (Å²) < 4.78 is 0. The van der Waals surface area contributed by atoms with E-state index in [4.69, 9.17) is 5.11 Å². The van der Waals surface area contributed by atoms with Crippen molar-refractivity contribution >= 4 is 23.5 Å². The molecule has 0 radical (unpaired) electrons. The first-order valence-electron chi connectivity index (χ1n) is 8.51. The molecule has 2 aromatic rings. The topological polar surface area (TPSA) is 86.7 Å². The molecular weight excluding hydrogens is 332 g/mol. The van der Waals surface area contributed by atoms with Crippen LogP contribution in [-0.2, 0) is 22.6 Å². The summed E-state index contributed by atoms with van der Waals surface area (Å²) in [5.74, 6) is -0.996. The molecule has 26 heavy (non-hydrogen) atoms. The molecule has 1 aliphatic rings. The van der Waals surface area contributed by atoms with Crippen molar-refractivity contribution in [2.45, 2.75) is 25.8 Å². The molecule has 0 unspecified atom stereocenters. The van der Waals surface area contributed by atoms with E-state index in [1.165, 1.54) is 12.1 Å². The highest BCUT2D eigenvalue weighted by molar-refractivity contribution is 5.95. The Morgan fingerprint density at radius 1 is 1.08 bits per heavy atom. The van der Waals surface area contributed by atoms with E-state index in [0.717, 1.165) is 29.8 Å². The summed E-state index contributed by atoms with van der Waals surface area (Å²) in [5, 5.41) is 11.7. The molecule has 0 aliphatic carbocycles. The van der Waals surface area contributed by atoms with Crippen molar-refractivity contribution in [3.05, 3.63) is 65.2 Å².